The molecule has 2 aromatic carbocycles. The number of hydrogen-bond acceptors (Lipinski definition) is 10. The molecule has 0 unspecified atom stereocenters. The highest BCUT2D eigenvalue weighted by atomic mass is 16.6. The summed E-state index contributed by atoms with van der Waals surface area (Å²) in [6.07, 6.45) is 21.7. The molecule has 0 amide bonds. The van der Waals surface area contributed by atoms with Crippen molar-refractivity contribution in [2.75, 3.05) is 26.4 Å². The van der Waals surface area contributed by atoms with Gasteiger partial charge in [0.25, 0.3) is 0 Å². The Morgan fingerprint density at radius 2 is 0.783 bits per heavy atom. The van der Waals surface area contributed by atoms with Crippen molar-refractivity contribution in [2.45, 2.75) is 168 Å². The van der Waals surface area contributed by atoms with Crippen molar-refractivity contribution in [1.82, 2.24) is 0 Å². The molecule has 2 fully saturated rings. The third-order valence-electron chi connectivity index (χ3n) is 12.4. The van der Waals surface area contributed by atoms with Crippen molar-refractivity contribution >= 4 is 23.9 Å². The molecule has 2 aromatic rings. The van der Waals surface area contributed by atoms with E-state index >= 15 is 0 Å². The van der Waals surface area contributed by atoms with Gasteiger partial charge in [0, 0.05) is 0 Å². The van der Waals surface area contributed by atoms with Gasteiger partial charge in [-0.15, -0.1) is 0 Å². The number of ether oxygens (including phenoxy) is 6. The fourth-order valence-electron chi connectivity index (χ4n) is 8.76. The lowest BCUT2D eigenvalue weighted by molar-refractivity contribution is -0.173. The molecule has 2 atom stereocenters. The normalized spacial score (nSPS) is 20.0. The van der Waals surface area contributed by atoms with Crippen molar-refractivity contribution in [2.24, 2.45) is 23.7 Å². The van der Waals surface area contributed by atoms with Crippen LogP contribution in [0.5, 0.6) is 11.5 Å². The molecule has 2 aliphatic rings. The highest BCUT2D eigenvalue weighted by Gasteiger charge is 2.43. The molecule has 0 saturated heterocycles. The monoisotopic (exact) mass is 835 g/mol. The maximum Gasteiger partial charge on any atom is 0.352 e. The number of esters is 4. The molecule has 0 N–H and O–H groups in total. The van der Waals surface area contributed by atoms with Gasteiger partial charge in [-0.1, -0.05) is 117 Å². The van der Waals surface area contributed by atoms with E-state index in [1.54, 1.807) is 38.1 Å². The predicted octanol–water partition coefficient (Wildman–Crippen LogP) is 11.7. The second-order valence-electron chi connectivity index (χ2n) is 17.0. The van der Waals surface area contributed by atoms with Gasteiger partial charge in [-0.05, 0) is 112 Å². The van der Waals surface area contributed by atoms with Gasteiger partial charge >= 0.3 is 23.9 Å². The smallest absolute Gasteiger partial charge is 0.352 e. The Balaban J connectivity index is 1.25. The predicted molar refractivity (Wildman–Crippen MR) is 233 cm³/mol. The molecule has 0 spiro atoms. The topological polar surface area (TPSA) is 124 Å². The number of carbonyl (C=O) groups excluding carboxylic acids is 4. The van der Waals surface area contributed by atoms with Crippen LogP contribution in [0.25, 0.3) is 0 Å². The van der Waals surface area contributed by atoms with Crippen LogP contribution >= 0.6 is 0 Å². The maximum absolute atomic E-state index is 13.4. The molecule has 10 heteroatoms. The molecule has 0 aliphatic heterocycles. The van der Waals surface area contributed by atoms with Crippen LogP contribution < -0.4 is 9.47 Å². The Hall–Kier alpha value is -4.08. The average Bonchev–Trinajstić information content (AvgIpc) is 3.26. The second-order valence-corrected chi connectivity index (χ2v) is 17.0. The standard InChI is InChI=1S/C50H74O10/c1-5-9-11-15-37-19-23-39(24-20-37)17-13-35-57-43-31-27-41(28-32-43)47(51)59-45(49(53)55-7-3)46(50(54)56-8-4)60-48(52)42-29-33-44(34-30-42)58-36-14-18-40-25-21-38(22-26-40)16-12-10-6-2/h27-34,37-40,45-46H,5-26,35-36H2,1-4H3/t37?,38?,39?,40?,45-,46-/m1/s1. The lowest BCUT2D eigenvalue weighted by Crippen LogP contribution is -2.47. The Kier molecular flexibility index (Phi) is 22.4. The van der Waals surface area contributed by atoms with Crippen molar-refractivity contribution in [1.29, 1.82) is 0 Å². The van der Waals surface area contributed by atoms with E-state index in [1.165, 1.54) is 127 Å². The first-order valence-corrected chi connectivity index (χ1v) is 23.4. The maximum atomic E-state index is 13.4. The van der Waals surface area contributed by atoms with E-state index in [0.29, 0.717) is 24.7 Å². The van der Waals surface area contributed by atoms with Crippen molar-refractivity contribution in [3.8, 4) is 11.5 Å². The van der Waals surface area contributed by atoms with E-state index in [2.05, 4.69) is 13.8 Å². The molecule has 334 valence electrons. The van der Waals surface area contributed by atoms with Gasteiger partial charge in [0.05, 0.1) is 37.6 Å². The van der Waals surface area contributed by atoms with Crippen molar-refractivity contribution in [3.05, 3.63) is 59.7 Å². The van der Waals surface area contributed by atoms with E-state index in [1.807, 2.05) is 0 Å². The fraction of sp³-hybridized carbons (Fsp3) is 0.680. The van der Waals surface area contributed by atoms with E-state index < -0.39 is 36.1 Å². The third-order valence-corrected chi connectivity index (χ3v) is 12.4. The van der Waals surface area contributed by atoms with Crippen LogP contribution in [-0.2, 0) is 28.5 Å². The third kappa shape index (κ3) is 17.1. The summed E-state index contributed by atoms with van der Waals surface area (Å²) in [5, 5.41) is 0. The van der Waals surface area contributed by atoms with Crippen molar-refractivity contribution < 1.29 is 47.6 Å². The highest BCUT2D eigenvalue weighted by molar-refractivity contribution is 5.96. The summed E-state index contributed by atoms with van der Waals surface area (Å²) in [5.41, 5.74) is 0.226. The second kappa shape index (κ2) is 27.7. The van der Waals surface area contributed by atoms with Gasteiger partial charge in [0.15, 0.2) is 0 Å². The Labute approximate surface area is 360 Å². The molecule has 2 aliphatic carbocycles. The zero-order chi connectivity index (χ0) is 43.0. The Bertz CT molecular complexity index is 1410. The van der Waals surface area contributed by atoms with E-state index in [-0.39, 0.29) is 24.3 Å². The van der Waals surface area contributed by atoms with E-state index in [0.717, 1.165) is 49.4 Å². The fourth-order valence-corrected chi connectivity index (χ4v) is 8.76. The van der Waals surface area contributed by atoms with Gasteiger partial charge in [-0.2, -0.15) is 0 Å². The number of unbranched alkanes of at least 4 members (excludes halogenated alkanes) is 4. The number of benzene rings is 2. The first-order chi connectivity index (χ1) is 29.2. The van der Waals surface area contributed by atoms with Crippen LogP contribution in [0.15, 0.2) is 48.5 Å². The van der Waals surface area contributed by atoms with Crippen LogP contribution in [0.2, 0.25) is 0 Å². The minimum absolute atomic E-state index is 0.0650. The van der Waals surface area contributed by atoms with Gasteiger partial charge < -0.3 is 28.4 Å². The summed E-state index contributed by atoms with van der Waals surface area (Å²) in [7, 11) is 0. The Morgan fingerprint density at radius 3 is 1.08 bits per heavy atom. The minimum Gasteiger partial charge on any atom is -0.494 e. The van der Waals surface area contributed by atoms with Crippen LogP contribution in [0.1, 0.15) is 177 Å². The van der Waals surface area contributed by atoms with Crippen LogP contribution in [0.4, 0.5) is 0 Å². The molecule has 0 bridgehead atoms. The van der Waals surface area contributed by atoms with Crippen LogP contribution in [0, 0.1) is 23.7 Å². The Morgan fingerprint density at radius 1 is 0.467 bits per heavy atom. The summed E-state index contributed by atoms with van der Waals surface area (Å²) in [4.78, 5) is 53.0. The lowest BCUT2D eigenvalue weighted by Gasteiger charge is -2.28. The van der Waals surface area contributed by atoms with E-state index in [4.69, 9.17) is 28.4 Å². The minimum atomic E-state index is -1.92. The average molecular weight is 835 g/mol. The first kappa shape index (κ1) is 48.6. The largest absolute Gasteiger partial charge is 0.494 e. The first-order valence-electron chi connectivity index (χ1n) is 23.4. The quantitative estimate of drug-likeness (QED) is 0.0488. The summed E-state index contributed by atoms with van der Waals surface area (Å²) < 4.78 is 33.3. The zero-order valence-electron chi connectivity index (χ0n) is 37.1. The number of rotatable bonds is 27. The van der Waals surface area contributed by atoms with Gasteiger partial charge in [-0.25, -0.2) is 19.2 Å². The lowest BCUT2D eigenvalue weighted by atomic mass is 9.78. The van der Waals surface area contributed by atoms with Crippen LogP contribution in [-0.4, -0.2) is 62.5 Å². The molecular weight excluding hydrogens is 761 g/mol. The molecule has 2 saturated carbocycles. The molecule has 0 radical (unpaired) electrons. The molecular formula is C50H74O10. The summed E-state index contributed by atoms with van der Waals surface area (Å²) in [6, 6.07) is 12.7. The molecule has 0 heterocycles. The van der Waals surface area contributed by atoms with Gasteiger partial charge in [0.2, 0.25) is 12.2 Å². The molecule has 10 nitrogen and oxygen atoms in total. The summed E-state index contributed by atoms with van der Waals surface area (Å²) >= 11 is 0. The molecule has 60 heavy (non-hydrogen) atoms. The SMILES string of the molecule is CCCCCC1CCC(CCCOc2ccc(C(=O)O[C@@H](C(=O)OCC)[C@@H](OC(=O)c3ccc(OCCCC4CCC(CCCCC)CC4)cc3)C(=O)OCC)cc2)CC1. The van der Waals surface area contributed by atoms with Crippen molar-refractivity contribution in [3.63, 3.8) is 0 Å². The van der Waals surface area contributed by atoms with Gasteiger partial charge in [0.1, 0.15) is 11.5 Å². The van der Waals surface area contributed by atoms with E-state index in [9.17, 15) is 19.2 Å². The zero-order valence-corrected chi connectivity index (χ0v) is 37.1. The van der Waals surface area contributed by atoms with Crippen LogP contribution in [0.3, 0.4) is 0 Å². The number of hydrogen-bond donors (Lipinski definition) is 0. The summed E-state index contributed by atoms with van der Waals surface area (Å²) in [5.74, 6) is 0.608. The number of carbonyl (C=O) groups is 4. The summed E-state index contributed by atoms with van der Waals surface area (Å²) in [6.45, 7) is 8.69. The van der Waals surface area contributed by atoms with Gasteiger partial charge in [-0.3, -0.25) is 0 Å². The molecule has 0 aromatic heterocycles. The molecule has 4 rings (SSSR count). The highest BCUT2D eigenvalue weighted by Crippen LogP contribution is 2.35.